The number of nitrogens with zero attached hydrogens (tertiary/aromatic N) is 2. The van der Waals surface area contributed by atoms with Gasteiger partial charge < -0.3 is 20.5 Å². The molecule has 2 aromatic rings. The molecule has 1 saturated heterocycles. The summed E-state index contributed by atoms with van der Waals surface area (Å²) in [5.41, 5.74) is 0.704. The van der Waals surface area contributed by atoms with Crippen LogP contribution in [0.25, 0.3) is 0 Å². The number of piperidine rings is 1. The molecule has 0 unspecified atom stereocenters. The molecule has 1 aliphatic rings. The van der Waals surface area contributed by atoms with Crippen molar-refractivity contribution in [2.24, 2.45) is 0 Å². The van der Waals surface area contributed by atoms with Gasteiger partial charge in [-0.15, -0.1) is 0 Å². The van der Waals surface area contributed by atoms with Gasteiger partial charge >= 0.3 is 5.97 Å². The third-order valence-electron chi connectivity index (χ3n) is 4.23. The molecule has 0 spiro atoms. The van der Waals surface area contributed by atoms with Gasteiger partial charge in [0.25, 0.3) is 5.91 Å². The Labute approximate surface area is 144 Å². The number of phenolic OH excluding ortho intramolecular Hbond substituents is 1. The largest absolute Gasteiger partial charge is 0.508 e. The highest BCUT2D eigenvalue weighted by atomic mass is 16.4. The average Bonchev–Trinajstić information content (AvgIpc) is 3.05. The number of amides is 1. The normalized spacial score (nSPS) is 18.0. The predicted molar refractivity (Wildman–Crippen MR) is 89.4 cm³/mol. The summed E-state index contributed by atoms with van der Waals surface area (Å²) in [6, 6.07) is 7.04. The predicted octanol–water partition coefficient (Wildman–Crippen LogP) is 1.21. The molecule has 1 aliphatic heterocycles. The molecule has 4 N–H and O–H groups in total. The lowest BCUT2D eigenvalue weighted by Crippen LogP contribution is -2.47. The second-order valence-electron chi connectivity index (χ2n) is 6.15. The second kappa shape index (κ2) is 7.35. The SMILES string of the molecule is O=C(N[C@H]1CCCN(Cc2cccc(O)c2)C1)c1nc[nH]c1C(=O)O. The maximum absolute atomic E-state index is 12.3. The summed E-state index contributed by atoms with van der Waals surface area (Å²) in [5, 5.41) is 21.5. The maximum atomic E-state index is 12.3. The Morgan fingerprint density at radius 3 is 3.00 bits per heavy atom. The molecule has 0 bridgehead atoms. The number of nitrogens with one attached hydrogen (secondary N) is 2. The number of carbonyl (C=O) groups excluding carboxylic acids is 1. The van der Waals surface area contributed by atoms with E-state index in [1.54, 1.807) is 18.2 Å². The van der Waals surface area contributed by atoms with E-state index in [-0.39, 0.29) is 23.2 Å². The first-order valence-electron chi connectivity index (χ1n) is 8.10. The van der Waals surface area contributed by atoms with Crippen LogP contribution in [0, 0.1) is 0 Å². The molecular formula is C17H20N4O4. The summed E-state index contributed by atoms with van der Waals surface area (Å²) in [5.74, 6) is -1.46. The van der Waals surface area contributed by atoms with Crippen LogP contribution in [0.2, 0.25) is 0 Å². The average molecular weight is 344 g/mol. The number of imidazole rings is 1. The molecule has 8 heteroatoms. The van der Waals surface area contributed by atoms with E-state index in [1.165, 1.54) is 6.33 Å². The van der Waals surface area contributed by atoms with E-state index >= 15 is 0 Å². The zero-order chi connectivity index (χ0) is 17.8. The highest BCUT2D eigenvalue weighted by Gasteiger charge is 2.25. The van der Waals surface area contributed by atoms with E-state index in [9.17, 15) is 14.7 Å². The van der Waals surface area contributed by atoms with Crippen molar-refractivity contribution in [3.05, 3.63) is 47.5 Å². The van der Waals surface area contributed by atoms with Crippen molar-refractivity contribution >= 4 is 11.9 Å². The molecular weight excluding hydrogens is 324 g/mol. The minimum absolute atomic E-state index is 0.0723. The molecule has 1 aromatic heterocycles. The van der Waals surface area contributed by atoms with Crippen LogP contribution in [0.5, 0.6) is 5.75 Å². The molecule has 1 aromatic carbocycles. The van der Waals surface area contributed by atoms with Gasteiger partial charge in [0.1, 0.15) is 5.75 Å². The number of aromatic carboxylic acids is 1. The van der Waals surface area contributed by atoms with Gasteiger partial charge in [-0.25, -0.2) is 9.78 Å². The Morgan fingerprint density at radius 2 is 2.24 bits per heavy atom. The van der Waals surface area contributed by atoms with Gasteiger partial charge in [0, 0.05) is 19.1 Å². The Kier molecular flexibility index (Phi) is 4.99. The van der Waals surface area contributed by atoms with Crippen molar-refractivity contribution in [3.63, 3.8) is 0 Å². The number of aromatic nitrogens is 2. The van der Waals surface area contributed by atoms with Crippen LogP contribution in [-0.2, 0) is 6.54 Å². The fourth-order valence-corrected chi connectivity index (χ4v) is 3.11. The molecule has 132 valence electrons. The number of aromatic hydroxyl groups is 1. The molecule has 8 nitrogen and oxygen atoms in total. The lowest BCUT2D eigenvalue weighted by atomic mass is 10.0. The standard InChI is InChI=1S/C17H20N4O4/c22-13-5-1-3-11(7-13)8-21-6-2-4-12(9-21)20-16(23)14-15(17(24)25)19-10-18-14/h1,3,5,7,10,12,22H,2,4,6,8-9H2,(H,18,19)(H,20,23)(H,24,25)/t12-/m0/s1. The number of benzene rings is 1. The van der Waals surface area contributed by atoms with Crippen LogP contribution in [0.15, 0.2) is 30.6 Å². The number of H-pyrrole nitrogens is 1. The van der Waals surface area contributed by atoms with E-state index in [0.29, 0.717) is 13.1 Å². The third-order valence-corrected chi connectivity index (χ3v) is 4.23. The lowest BCUT2D eigenvalue weighted by molar-refractivity contribution is 0.0683. The maximum Gasteiger partial charge on any atom is 0.354 e. The van der Waals surface area contributed by atoms with Gasteiger partial charge in [-0.2, -0.15) is 0 Å². The summed E-state index contributed by atoms with van der Waals surface area (Å²) in [4.78, 5) is 31.9. The number of rotatable bonds is 5. The van der Waals surface area contributed by atoms with Crippen molar-refractivity contribution in [3.8, 4) is 5.75 Å². The number of phenols is 1. The fourth-order valence-electron chi connectivity index (χ4n) is 3.11. The lowest BCUT2D eigenvalue weighted by Gasteiger charge is -2.33. The van der Waals surface area contributed by atoms with Crippen LogP contribution in [-0.4, -0.2) is 56.1 Å². The Hall–Kier alpha value is -2.87. The Bertz CT molecular complexity index is 774. The smallest absolute Gasteiger partial charge is 0.354 e. The number of carbonyl (C=O) groups is 2. The monoisotopic (exact) mass is 344 g/mol. The van der Waals surface area contributed by atoms with Crippen LogP contribution in [0.3, 0.4) is 0 Å². The molecule has 2 heterocycles. The summed E-state index contributed by atoms with van der Waals surface area (Å²) >= 11 is 0. The van der Waals surface area contributed by atoms with Gasteiger partial charge in [0.05, 0.1) is 6.33 Å². The first-order valence-corrected chi connectivity index (χ1v) is 8.10. The summed E-state index contributed by atoms with van der Waals surface area (Å²) < 4.78 is 0. The third kappa shape index (κ3) is 4.16. The number of carboxylic acid groups (broad SMARTS) is 1. The van der Waals surface area contributed by atoms with Gasteiger partial charge in [-0.1, -0.05) is 12.1 Å². The minimum Gasteiger partial charge on any atom is -0.508 e. The number of hydrogen-bond acceptors (Lipinski definition) is 5. The molecule has 1 atom stereocenters. The molecule has 1 amide bonds. The van der Waals surface area contributed by atoms with E-state index < -0.39 is 11.9 Å². The Morgan fingerprint density at radius 1 is 1.40 bits per heavy atom. The highest BCUT2D eigenvalue weighted by Crippen LogP contribution is 2.17. The molecule has 0 aliphatic carbocycles. The first kappa shape index (κ1) is 17.0. The summed E-state index contributed by atoms with van der Waals surface area (Å²) in [7, 11) is 0. The van der Waals surface area contributed by atoms with Crippen LogP contribution in [0.1, 0.15) is 39.4 Å². The van der Waals surface area contributed by atoms with E-state index in [2.05, 4.69) is 20.2 Å². The van der Waals surface area contributed by atoms with Crippen LogP contribution >= 0.6 is 0 Å². The summed E-state index contributed by atoms with van der Waals surface area (Å²) in [6.07, 6.45) is 2.96. The van der Waals surface area contributed by atoms with Crippen LogP contribution < -0.4 is 5.32 Å². The Balaban J connectivity index is 1.60. The van der Waals surface area contributed by atoms with Crippen molar-refractivity contribution in [2.45, 2.75) is 25.4 Å². The number of likely N-dealkylation sites (tertiary alicyclic amines) is 1. The van der Waals surface area contributed by atoms with Crippen molar-refractivity contribution in [1.29, 1.82) is 0 Å². The topological polar surface area (TPSA) is 119 Å². The quantitative estimate of drug-likeness (QED) is 0.647. The number of carboxylic acids is 1. The van der Waals surface area contributed by atoms with Crippen molar-refractivity contribution in [2.75, 3.05) is 13.1 Å². The molecule has 3 rings (SSSR count). The van der Waals surface area contributed by atoms with Gasteiger partial charge in [0.2, 0.25) is 0 Å². The van der Waals surface area contributed by atoms with Gasteiger partial charge in [-0.05, 0) is 37.1 Å². The second-order valence-corrected chi connectivity index (χ2v) is 6.15. The first-order chi connectivity index (χ1) is 12.0. The molecule has 0 radical (unpaired) electrons. The van der Waals surface area contributed by atoms with Crippen molar-refractivity contribution < 1.29 is 19.8 Å². The fraction of sp³-hybridized carbons (Fsp3) is 0.353. The number of aromatic amines is 1. The highest BCUT2D eigenvalue weighted by molar-refractivity contribution is 6.02. The zero-order valence-corrected chi connectivity index (χ0v) is 13.6. The van der Waals surface area contributed by atoms with Crippen molar-refractivity contribution in [1.82, 2.24) is 20.2 Å². The van der Waals surface area contributed by atoms with E-state index in [4.69, 9.17) is 5.11 Å². The van der Waals surface area contributed by atoms with E-state index in [1.807, 2.05) is 6.07 Å². The minimum atomic E-state index is -1.21. The van der Waals surface area contributed by atoms with E-state index in [0.717, 1.165) is 24.9 Å². The van der Waals surface area contributed by atoms with Gasteiger partial charge in [-0.3, -0.25) is 9.69 Å². The zero-order valence-electron chi connectivity index (χ0n) is 13.6. The van der Waals surface area contributed by atoms with Crippen LogP contribution in [0.4, 0.5) is 0 Å². The molecule has 0 saturated carbocycles. The number of hydrogen-bond donors (Lipinski definition) is 4. The van der Waals surface area contributed by atoms with Gasteiger partial charge in [0.15, 0.2) is 11.4 Å². The summed E-state index contributed by atoms with van der Waals surface area (Å²) in [6.45, 7) is 2.25. The molecule has 25 heavy (non-hydrogen) atoms. The molecule has 1 fully saturated rings.